The molecule has 2 unspecified atom stereocenters. The molecule has 0 bridgehead atoms. The Labute approximate surface area is 602 Å². The van der Waals surface area contributed by atoms with Gasteiger partial charge < -0.3 is 27.4 Å². The Hall–Kier alpha value is -4.67. The fourth-order valence-corrected chi connectivity index (χ4v) is 12.3. The fraction of sp³-hybridized carbons (Fsp3) is 0.500. The van der Waals surface area contributed by atoms with Crippen LogP contribution in [0.3, 0.4) is 0 Å². The zero-order chi connectivity index (χ0) is 68.6. The molecular formula is C64H82B2I2N8O12P2S4. The monoisotopic (exact) mass is 1620 g/mol. The first-order valence-corrected chi connectivity index (χ1v) is 43.5. The Morgan fingerprint density at radius 1 is 0.426 bits per heavy atom. The van der Waals surface area contributed by atoms with Crippen molar-refractivity contribution in [1.29, 1.82) is 0 Å². The molecule has 4 radical (unpaired) electrons. The maximum absolute atomic E-state index is 11.4. The molecule has 4 aliphatic carbocycles. The van der Waals surface area contributed by atoms with E-state index < -0.39 is 12.2 Å². The third kappa shape index (κ3) is 37.7. The molecule has 0 aliphatic heterocycles. The van der Waals surface area contributed by atoms with E-state index in [-0.39, 0.29) is 36.4 Å². The number of nitrogens with one attached hydrogen (secondary N) is 4. The third-order valence-corrected chi connectivity index (χ3v) is 17.1. The van der Waals surface area contributed by atoms with Crippen LogP contribution in [0.4, 0.5) is 41.9 Å². The minimum absolute atomic E-state index is 0.219. The lowest BCUT2D eigenvalue weighted by atomic mass is 9.76. The maximum atomic E-state index is 11.4. The molecular weight excluding hydrogens is 1540 g/mol. The maximum Gasteiger partial charge on any atom is 0.423 e. The zero-order valence-corrected chi connectivity index (χ0v) is 62.8. The molecule has 4 aliphatic rings. The number of benzene rings is 4. The molecule has 0 heterocycles. The largest absolute Gasteiger partial charge is 0.423 e. The number of rotatable bonds is 20. The van der Waals surface area contributed by atoms with Crippen LogP contribution in [-0.4, -0.2) is 113 Å². The van der Waals surface area contributed by atoms with Gasteiger partial charge in [-0.25, -0.2) is 48.3 Å². The molecule has 8 rings (SSSR count). The molecule has 4 amide bonds. The molecule has 30 heteroatoms. The molecule has 0 spiro atoms. The van der Waals surface area contributed by atoms with Gasteiger partial charge in [-0.2, -0.15) is 9.98 Å². The summed E-state index contributed by atoms with van der Waals surface area (Å²) in [4.78, 5) is 101. The van der Waals surface area contributed by atoms with Gasteiger partial charge in [0.15, 0.2) is 0 Å². The van der Waals surface area contributed by atoms with Gasteiger partial charge in [0, 0.05) is 48.5 Å². The predicted molar refractivity (Wildman–Crippen MR) is 405 cm³/mol. The van der Waals surface area contributed by atoms with Gasteiger partial charge in [0.05, 0.1) is 71.6 Å². The summed E-state index contributed by atoms with van der Waals surface area (Å²) in [7, 11) is 9.72. The van der Waals surface area contributed by atoms with Crippen molar-refractivity contribution in [2.45, 2.75) is 153 Å². The Morgan fingerprint density at radius 3 is 0.936 bits per heavy atom. The van der Waals surface area contributed by atoms with Crippen molar-refractivity contribution in [2.75, 3.05) is 35.7 Å². The molecule has 504 valence electrons. The summed E-state index contributed by atoms with van der Waals surface area (Å²) in [6.07, 6.45) is 34.7. The molecule has 4 N–H and O–H groups in total. The number of anilines is 2. The normalized spacial score (nSPS) is 20.1. The van der Waals surface area contributed by atoms with Crippen molar-refractivity contribution in [2.24, 2.45) is 43.6 Å². The Morgan fingerprint density at radius 2 is 0.681 bits per heavy atom. The average Bonchev–Trinajstić information content (AvgIpc) is 1.26. The number of nitrogens with zero attached hydrogens (tertiary/aromatic N) is 4. The molecule has 4 aromatic rings. The van der Waals surface area contributed by atoms with Crippen molar-refractivity contribution in [3.63, 3.8) is 0 Å². The number of halogens is 2. The summed E-state index contributed by atoms with van der Waals surface area (Å²) in [6, 6.07) is 30.8. The van der Waals surface area contributed by atoms with E-state index in [0.717, 1.165) is 158 Å². The van der Waals surface area contributed by atoms with Crippen LogP contribution in [0.1, 0.15) is 138 Å². The van der Waals surface area contributed by atoms with Gasteiger partial charge in [-0.15, -0.1) is 12.2 Å². The van der Waals surface area contributed by atoms with Crippen molar-refractivity contribution in [1.82, 2.24) is 10.6 Å². The summed E-state index contributed by atoms with van der Waals surface area (Å²) in [5.41, 5.74) is 6.96. The number of hydrogen-bond donors (Lipinski definition) is 4. The number of amides is 4. The van der Waals surface area contributed by atoms with Gasteiger partial charge >= 0.3 is 24.4 Å². The van der Waals surface area contributed by atoms with E-state index in [0.29, 0.717) is 35.0 Å². The Balaban J connectivity index is 0.000000317. The highest BCUT2D eigenvalue weighted by molar-refractivity contribution is 14.2. The second-order valence-corrected chi connectivity index (χ2v) is 28.3. The van der Waals surface area contributed by atoms with E-state index in [1.807, 2.05) is 72.8 Å². The SMILES string of the molecule is CSOC(=O)NC1CCC(CC2CCC(N=C=O)CC2)CC1.CSOC(=O)NC1CCC(CC2CCC(N=C=O)CC2)CC1.CSOC(=O)Nc1ccc(Cc2ccc(N=C=O)cc2)cc1.CSOC(=O)Nc1ccc(Cc2ccc(N=C=O)cc2)cc1.[B]PI.[B]PI. The highest BCUT2D eigenvalue weighted by atomic mass is 127. The topological polar surface area (TPSA) is 271 Å². The molecule has 4 aromatic carbocycles. The van der Waals surface area contributed by atoms with Crippen molar-refractivity contribution >= 4 is 191 Å². The van der Waals surface area contributed by atoms with Crippen LogP contribution in [0.2, 0.25) is 0 Å². The lowest BCUT2D eigenvalue weighted by Crippen LogP contribution is -2.37. The minimum atomic E-state index is -0.494. The fourth-order valence-electron chi connectivity index (χ4n) is 11.5. The second kappa shape index (κ2) is 52.4. The standard InChI is InChI=1S/2C16H26N2O3S.2C16H14N2O3S.2BHIP/c4*1-22-21-16(20)18-15-8-4-13(5-9-15)10-12-2-6-14(7-3-12)17-11-19;2*1-3-2/h2*12-15H,2-10H2,1H3,(H,18,20);2*2-9H,10H2,1H3,(H,18,20);2*3H. The third-order valence-electron chi connectivity index (χ3n) is 15.8. The van der Waals surface area contributed by atoms with E-state index in [4.69, 9.17) is 31.9 Å². The van der Waals surface area contributed by atoms with E-state index in [1.165, 1.54) is 76.4 Å². The summed E-state index contributed by atoms with van der Waals surface area (Å²) in [6.45, 7) is 0. The molecule has 4 saturated carbocycles. The van der Waals surface area contributed by atoms with E-state index in [1.54, 1.807) is 61.4 Å². The predicted octanol–water partition coefficient (Wildman–Crippen LogP) is 18.0. The average molecular weight is 1620 g/mol. The molecule has 20 nitrogen and oxygen atoms in total. The van der Waals surface area contributed by atoms with Crippen molar-refractivity contribution in [3.8, 4) is 0 Å². The van der Waals surface area contributed by atoms with Crippen LogP contribution in [0.5, 0.6) is 0 Å². The highest BCUT2D eigenvalue weighted by Gasteiger charge is 2.29. The summed E-state index contributed by atoms with van der Waals surface area (Å²) >= 11 is 8.34. The van der Waals surface area contributed by atoms with Gasteiger partial charge in [-0.05, 0) is 223 Å². The second-order valence-electron chi connectivity index (χ2n) is 22.1. The first-order valence-electron chi connectivity index (χ1n) is 30.5. The van der Waals surface area contributed by atoms with E-state index >= 15 is 0 Å². The smallest absolute Gasteiger partial charge is 0.375 e. The molecule has 94 heavy (non-hydrogen) atoms. The van der Waals surface area contributed by atoms with E-state index in [9.17, 15) is 38.4 Å². The number of aliphatic imine (C=N–C) groups is 4. The molecule has 4 fully saturated rings. The number of carbonyl (C=O) groups is 4. The Bertz CT molecular complexity index is 2800. The first kappa shape index (κ1) is 83.6. The van der Waals surface area contributed by atoms with Crippen LogP contribution in [-0.2, 0) is 48.8 Å². The lowest BCUT2D eigenvalue weighted by molar-refractivity contribution is 0.186. The Kier molecular flexibility index (Phi) is 46.6. The first-order chi connectivity index (χ1) is 45.7. The lowest BCUT2D eigenvalue weighted by Gasteiger charge is -2.33. The van der Waals surface area contributed by atoms with Crippen LogP contribution >= 0.6 is 104 Å². The van der Waals surface area contributed by atoms with Gasteiger partial charge in [0.2, 0.25) is 24.3 Å². The van der Waals surface area contributed by atoms with Gasteiger partial charge in [0.25, 0.3) is 0 Å². The molecule has 0 aromatic heterocycles. The quantitative estimate of drug-likeness (QED) is 0.0160. The summed E-state index contributed by atoms with van der Waals surface area (Å²) in [5.74, 6) is 3.14. The van der Waals surface area contributed by atoms with Crippen LogP contribution in [0.15, 0.2) is 117 Å². The van der Waals surface area contributed by atoms with Crippen molar-refractivity contribution < 1.29 is 55.1 Å². The summed E-state index contributed by atoms with van der Waals surface area (Å²) < 4.78 is 19.2. The summed E-state index contributed by atoms with van der Waals surface area (Å²) in [5, 5.41) is 11.1. The van der Waals surface area contributed by atoms with E-state index in [2.05, 4.69) is 85.3 Å². The zero-order valence-electron chi connectivity index (χ0n) is 53.2. The van der Waals surface area contributed by atoms with Gasteiger partial charge in [-0.1, -0.05) is 92.6 Å². The molecule has 2 atom stereocenters. The van der Waals surface area contributed by atoms with Crippen LogP contribution in [0, 0.1) is 23.7 Å². The van der Waals surface area contributed by atoms with Gasteiger partial charge in [0.1, 0.15) is 15.1 Å². The number of hydrogen-bond acceptors (Lipinski definition) is 20. The number of carbonyl (C=O) groups excluding carboxylic acids is 8. The van der Waals surface area contributed by atoms with Crippen LogP contribution in [0.25, 0.3) is 0 Å². The highest BCUT2D eigenvalue weighted by Crippen LogP contribution is 2.38. The minimum Gasteiger partial charge on any atom is -0.375 e. The number of isocyanates is 4. The van der Waals surface area contributed by atoms with Gasteiger partial charge in [-0.3, -0.25) is 10.6 Å². The van der Waals surface area contributed by atoms with Crippen LogP contribution < -0.4 is 21.3 Å². The molecule has 0 saturated heterocycles. The van der Waals surface area contributed by atoms with Crippen molar-refractivity contribution in [3.05, 3.63) is 119 Å².